The molecule has 3 heteroatoms. The molecule has 0 aliphatic rings. The van der Waals surface area contributed by atoms with E-state index in [-0.39, 0.29) is 6.15 Å². The average Bonchev–Trinajstić information content (AvgIpc) is 2.28. The van der Waals surface area contributed by atoms with Crippen molar-refractivity contribution in [2.75, 3.05) is 0 Å². The maximum absolute atomic E-state index is 11.8. The summed E-state index contributed by atoms with van der Waals surface area (Å²) in [7, 11) is 0. The number of carboxylic acids is 1. The molecule has 0 heterocycles. The van der Waals surface area contributed by atoms with Crippen LogP contribution < -0.4 is 6.15 Å². The highest BCUT2D eigenvalue weighted by atomic mass is 16.4. The Bertz CT molecular complexity index is 205. The van der Waals surface area contributed by atoms with E-state index in [0.717, 1.165) is 51.4 Å². The van der Waals surface area contributed by atoms with E-state index in [1.165, 1.54) is 0 Å². The van der Waals surface area contributed by atoms with Gasteiger partial charge in [0.2, 0.25) is 0 Å². The summed E-state index contributed by atoms with van der Waals surface area (Å²) in [6.45, 7) is 8.52. The Morgan fingerprint density at radius 2 is 1.33 bits per heavy atom. The van der Waals surface area contributed by atoms with Gasteiger partial charge < -0.3 is 11.3 Å². The second kappa shape index (κ2) is 10.4. The van der Waals surface area contributed by atoms with Crippen LogP contribution in [0.5, 0.6) is 0 Å². The Morgan fingerprint density at radius 1 is 0.944 bits per heavy atom. The Morgan fingerprint density at radius 3 is 1.56 bits per heavy atom. The third-order valence-electron chi connectivity index (χ3n) is 3.87. The zero-order valence-electron chi connectivity index (χ0n) is 12.8. The van der Waals surface area contributed by atoms with Gasteiger partial charge in [0, 0.05) is 0 Å². The van der Waals surface area contributed by atoms with Gasteiger partial charge in [0.15, 0.2) is 0 Å². The van der Waals surface area contributed by atoms with Gasteiger partial charge in [0.25, 0.3) is 0 Å². The molecule has 0 aliphatic heterocycles. The first kappa shape index (κ1) is 19.8. The second-order valence-corrected chi connectivity index (χ2v) is 5.24. The van der Waals surface area contributed by atoms with Gasteiger partial charge in [-0.25, -0.2) is 0 Å². The lowest BCUT2D eigenvalue weighted by molar-refractivity contribution is -0.154. The summed E-state index contributed by atoms with van der Waals surface area (Å²) in [5.74, 6) is -0.206. The highest BCUT2D eigenvalue weighted by Crippen LogP contribution is 2.43. The normalized spacial score (nSPS) is 11.4. The summed E-state index contributed by atoms with van der Waals surface area (Å²) in [5, 5.41) is 9.71. The summed E-state index contributed by atoms with van der Waals surface area (Å²) >= 11 is 0. The quantitative estimate of drug-likeness (QED) is 0.577. The number of hydrogen-bond acceptors (Lipinski definition) is 2. The fraction of sp³-hybridized carbons (Fsp3) is 0.933. The number of hydrogen-bond donors (Lipinski definition) is 2. The van der Waals surface area contributed by atoms with Crippen LogP contribution in [-0.2, 0) is 4.79 Å². The molecule has 0 rings (SSSR count). The maximum atomic E-state index is 11.8. The third-order valence-corrected chi connectivity index (χ3v) is 3.87. The number of rotatable bonds is 10. The van der Waals surface area contributed by atoms with Gasteiger partial charge in [-0.1, -0.05) is 53.4 Å². The van der Waals surface area contributed by atoms with Crippen molar-refractivity contribution in [3.05, 3.63) is 0 Å². The van der Waals surface area contributed by atoms with E-state index < -0.39 is 11.4 Å². The molecule has 0 saturated heterocycles. The molecule has 0 fully saturated rings. The fourth-order valence-electron chi connectivity index (χ4n) is 3.21. The summed E-state index contributed by atoms with van der Waals surface area (Å²) in [6.07, 6.45) is 7.90. The van der Waals surface area contributed by atoms with E-state index in [4.69, 9.17) is 0 Å². The Labute approximate surface area is 113 Å². The third kappa shape index (κ3) is 4.97. The molecule has 18 heavy (non-hydrogen) atoms. The first-order valence-corrected chi connectivity index (χ1v) is 7.32. The van der Waals surface area contributed by atoms with Crippen LogP contribution in [0.15, 0.2) is 0 Å². The molecule has 4 N–H and O–H groups in total. The highest BCUT2D eigenvalue weighted by Gasteiger charge is 2.42. The Hall–Kier alpha value is -0.570. The molecule has 0 bridgehead atoms. The minimum absolute atomic E-state index is 0. The van der Waals surface area contributed by atoms with E-state index in [9.17, 15) is 9.90 Å². The first-order chi connectivity index (χ1) is 8.08. The van der Waals surface area contributed by atoms with Gasteiger partial charge in [0.1, 0.15) is 0 Å². The van der Waals surface area contributed by atoms with E-state index >= 15 is 0 Å². The molecule has 0 radical (unpaired) electrons. The fourth-order valence-corrected chi connectivity index (χ4v) is 3.21. The van der Waals surface area contributed by atoms with Crippen molar-refractivity contribution in [3.8, 4) is 0 Å². The first-order valence-electron chi connectivity index (χ1n) is 7.32. The summed E-state index contributed by atoms with van der Waals surface area (Å²) in [5.41, 5.74) is -0.463. The van der Waals surface area contributed by atoms with E-state index in [2.05, 4.69) is 27.7 Å². The predicted octanol–water partition coefficient (Wildman–Crippen LogP) is 5.04. The number of carboxylic acid groups (broad SMARTS) is 1. The monoisotopic (exact) mass is 259 g/mol. The van der Waals surface area contributed by atoms with Crippen molar-refractivity contribution in [1.29, 1.82) is 0 Å². The Kier molecular flexibility index (Phi) is 11.4. The van der Waals surface area contributed by atoms with Gasteiger partial charge in [-0.05, 0) is 31.6 Å². The zero-order chi connectivity index (χ0) is 13.3. The number of carbonyl (C=O) groups is 1. The molecular formula is C15H33NO2. The molecule has 0 aromatic carbocycles. The van der Waals surface area contributed by atoms with Gasteiger partial charge in [-0.2, -0.15) is 0 Å². The molecule has 0 atom stereocenters. The van der Waals surface area contributed by atoms with Gasteiger partial charge in [0.05, 0.1) is 5.41 Å². The zero-order valence-corrected chi connectivity index (χ0v) is 12.8. The van der Waals surface area contributed by atoms with Crippen LogP contribution in [0.3, 0.4) is 0 Å². The van der Waals surface area contributed by atoms with E-state index in [1.807, 2.05) is 0 Å². The SMILES string of the molecule is CCCC(CCC)C(CCC)(CCC)C(=O)O.N. The number of aliphatic carboxylic acids is 1. The topological polar surface area (TPSA) is 72.3 Å². The molecule has 110 valence electrons. The maximum Gasteiger partial charge on any atom is 0.309 e. The largest absolute Gasteiger partial charge is 0.481 e. The van der Waals surface area contributed by atoms with Crippen molar-refractivity contribution in [2.24, 2.45) is 11.3 Å². The standard InChI is InChI=1S/C15H30O2.H3N/c1-5-9-13(10-6-2)15(11-7-3,12-8-4)14(16)17;/h13H,5-12H2,1-4H3,(H,16,17);1H3. The summed E-state index contributed by atoms with van der Waals surface area (Å²) < 4.78 is 0. The minimum atomic E-state index is -0.562. The molecular weight excluding hydrogens is 226 g/mol. The van der Waals surface area contributed by atoms with Crippen LogP contribution in [0.1, 0.15) is 79.1 Å². The summed E-state index contributed by atoms with van der Waals surface area (Å²) in [4.78, 5) is 11.8. The molecule has 0 saturated carbocycles. The lowest BCUT2D eigenvalue weighted by atomic mass is 9.66. The van der Waals surface area contributed by atoms with E-state index in [1.54, 1.807) is 0 Å². The second-order valence-electron chi connectivity index (χ2n) is 5.24. The van der Waals surface area contributed by atoms with Crippen molar-refractivity contribution in [1.82, 2.24) is 6.15 Å². The molecule has 0 aliphatic carbocycles. The molecule has 0 aromatic rings. The lowest BCUT2D eigenvalue weighted by Gasteiger charge is -2.37. The van der Waals surface area contributed by atoms with Crippen molar-refractivity contribution < 1.29 is 9.90 Å². The van der Waals surface area contributed by atoms with E-state index in [0.29, 0.717) is 5.92 Å². The van der Waals surface area contributed by atoms with Crippen LogP contribution in [0, 0.1) is 11.3 Å². The molecule has 3 nitrogen and oxygen atoms in total. The van der Waals surface area contributed by atoms with Gasteiger partial charge in [-0.3, -0.25) is 4.79 Å². The highest BCUT2D eigenvalue weighted by molar-refractivity contribution is 5.75. The molecule has 0 unspecified atom stereocenters. The van der Waals surface area contributed by atoms with Crippen LogP contribution in [0.4, 0.5) is 0 Å². The van der Waals surface area contributed by atoms with Crippen LogP contribution in [0.25, 0.3) is 0 Å². The lowest BCUT2D eigenvalue weighted by Crippen LogP contribution is -2.38. The van der Waals surface area contributed by atoms with Gasteiger partial charge >= 0.3 is 5.97 Å². The smallest absolute Gasteiger partial charge is 0.309 e. The van der Waals surface area contributed by atoms with Gasteiger partial charge in [-0.15, -0.1) is 0 Å². The minimum Gasteiger partial charge on any atom is -0.481 e. The summed E-state index contributed by atoms with van der Waals surface area (Å²) in [6, 6.07) is 0. The van der Waals surface area contributed by atoms with Crippen molar-refractivity contribution in [3.63, 3.8) is 0 Å². The molecule has 0 amide bonds. The average molecular weight is 259 g/mol. The van der Waals surface area contributed by atoms with Crippen molar-refractivity contribution in [2.45, 2.75) is 79.1 Å². The van der Waals surface area contributed by atoms with Crippen LogP contribution in [0.2, 0.25) is 0 Å². The van der Waals surface area contributed by atoms with Crippen LogP contribution >= 0.6 is 0 Å². The predicted molar refractivity (Wildman–Crippen MR) is 78.2 cm³/mol. The Balaban J connectivity index is 0. The van der Waals surface area contributed by atoms with Crippen molar-refractivity contribution >= 4 is 5.97 Å². The van der Waals surface area contributed by atoms with Crippen LogP contribution in [-0.4, -0.2) is 11.1 Å². The molecule has 0 spiro atoms. The molecule has 0 aromatic heterocycles.